The fourth-order valence-corrected chi connectivity index (χ4v) is 3.24. The number of nitrogens with zero attached hydrogens (tertiary/aromatic N) is 1. The fourth-order valence-electron chi connectivity index (χ4n) is 2.03. The third-order valence-corrected chi connectivity index (χ3v) is 4.44. The number of imidazole rings is 1. The number of amides is 1. The van der Waals surface area contributed by atoms with Crippen molar-refractivity contribution in [1.29, 1.82) is 0 Å². The number of aliphatic carboxylic acids is 1. The molecule has 2 heterocycles. The predicted octanol–water partition coefficient (Wildman–Crippen LogP) is 0.807. The van der Waals surface area contributed by atoms with Crippen molar-refractivity contribution in [2.45, 2.75) is 37.0 Å². The molecule has 0 aliphatic carbocycles. The van der Waals surface area contributed by atoms with Crippen LogP contribution in [0.4, 0.5) is 0 Å². The van der Waals surface area contributed by atoms with Gasteiger partial charge < -0.3 is 15.4 Å². The van der Waals surface area contributed by atoms with Gasteiger partial charge in [-0.1, -0.05) is 6.42 Å². The molecular weight excluding hydrogens is 266 g/mol. The number of hydrogen-bond acceptors (Lipinski definition) is 4. The molecular formula is C12H17N3O3S. The van der Waals surface area contributed by atoms with E-state index in [4.69, 9.17) is 5.11 Å². The minimum absolute atomic E-state index is 0.114. The van der Waals surface area contributed by atoms with Gasteiger partial charge in [0.2, 0.25) is 5.91 Å². The summed E-state index contributed by atoms with van der Waals surface area (Å²) in [6, 6.07) is -0.907. The molecule has 1 fully saturated rings. The number of carbonyl (C=O) groups is 2. The number of carboxylic acids is 1. The number of H-pyrrole nitrogens is 1. The van der Waals surface area contributed by atoms with E-state index in [1.807, 2.05) is 0 Å². The monoisotopic (exact) mass is 283 g/mol. The van der Waals surface area contributed by atoms with E-state index < -0.39 is 12.0 Å². The van der Waals surface area contributed by atoms with Crippen LogP contribution >= 0.6 is 11.8 Å². The first kappa shape index (κ1) is 13.9. The molecule has 7 heteroatoms. The van der Waals surface area contributed by atoms with Crippen molar-refractivity contribution < 1.29 is 14.7 Å². The molecule has 19 heavy (non-hydrogen) atoms. The lowest BCUT2D eigenvalue weighted by Gasteiger charge is -2.22. The Morgan fingerprint density at radius 3 is 3.00 bits per heavy atom. The van der Waals surface area contributed by atoms with Gasteiger partial charge in [-0.25, -0.2) is 9.78 Å². The molecule has 104 valence electrons. The average molecular weight is 283 g/mol. The number of thioether (sulfide) groups is 1. The zero-order valence-electron chi connectivity index (χ0n) is 10.5. The SMILES string of the molecule is O=C(O)C(Cc1cnc[nH]1)NC(=O)C1CCCCS1. The molecule has 1 aromatic heterocycles. The van der Waals surface area contributed by atoms with E-state index in [0.717, 1.165) is 25.0 Å². The van der Waals surface area contributed by atoms with E-state index in [-0.39, 0.29) is 17.6 Å². The summed E-state index contributed by atoms with van der Waals surface area (Å²) in [6.07, 6.45) is 6.27. The summed E-state index contributed by atoms with van der Waals surface area (Å²) < 4.78 is 0. The number of carbonyl (C=O) groups excluding carboxylic acids is 1. The first-order valence-electron chi connectivity index (χ1n) is 6.29. The van der Waals surface area contributed by atoms with Gasteiger partial charge in [0.15, 0.2) is 0 Å². The lowest BCUT2D eigenvalue weighted by Crippen LogP contribution is -2.46. The molecule has 0 bridgehead atoms. The summed E-state index contributed by atoms with van der Waals surface area (Å²) >= 11 is 1.61. The number of hydrogen-bond donors (Lipinski definition) is 3. The van der Waals surface area contributed by atoms with Crippen LogP contribution in [-0.4, -0.2) is 44.0 Å². The van der Waals surface area contributed by atoms with Crippen molar-refractivity contribution in [3.05, 3.63) is 18.2 Å². The van der Waals surface area contributed by atoms with Crippen LogP contribution in [0.1, 0.15) is 25.0 Å². The van der Waals surface area contributed by atoms with E-state index in [9.17, 15) is 9.59 Å². The van der Waals surface area contributed by atoms with Crippen LogP contribution in [0.3, 0.4) is 0 Å². The summed E-state index contributed by atoms with van der Waals surface area (Å²) in [4.78, 5) is 29.9. The van der Waals surface area contributed by atoms with Gasteiger partial charge in [0.25, 0.3) is 0 Å². The highest BCUT2D eigenvalue weighted by molar-refractivity contribution is 8.00. The van der Waals surface area contributed by atoms with Gasteiger partial charge in [-0.05, 0) is 18.6 Å². The maximum Gasteiger partial charge on any atom is 0.326 e. The Balaban J connectivity index is 1.92. The Bertz CT molecular complexity index is 429. The predicted molar refractivity (Wildman–Crippen MR) is 72.0 cm³/mol. The number of rotatable bonds is 5. The molecule has 0 aromatic carbocycles. The molecule has 6 nitrogen and oxygen atoms in total. The van der Waals surface area contributed by atoms with Crippen LogP contribution < -0.4 is 5.32 Å². The molecule has 1 aromatic rings. The van der Waals surface area contributed by atoms with Gasteiger partial charge in [-0.15, -0.1) is 11.8 Å². The van der Waals surface area contributed by atoms with Crippen LogP contribution in [0.15, 0.2) is 12.5 Å². The molecule has 0 spiro atoms. The molecule has 2 rings (SSSR count). The Morgan fingerprint density at radius 1 is 1.58 bits per heavy atom. The molecule has 1 aliphatic rings. The quantitative estimate of drug-likeness (QED) is 0.743. The average Bonchev–Trinajstić information content (AvgIpc) is 2.91. The molecule has 3 N–H and O–H groups in total. The Labute approximate surface area is 115 Å². The number of aromatic amines is 1. The Hall–Kier alpha value is -1.50. The minimum Gasteiger partial charge on any atom is -0.480 e. The van der Waals surface area contributed by atoms with Crippen molar-refractivity contribution in [3.63, 3.8) is 0 Å². The smallest absolute Gasteiger partial charge is 0.326 e. The second kappa shape index (κ2) is 6.60. The molecule has 1 amide bonds. The molecule has 1 aliphatic heterocycles. The minimum atomic E-state index is -1.02. The summed E-state index contributed by atoms with van der Waals surface area (Å²) in [6.45, 7) is 0. The van der Waals surface area contributed by atoms with Crippen molar-refractivity contribution in [1.82, 2.24) is 15.3 Å². The zero-order chi connectivity index (χ0) is 13.7. The van der Waals surface area contributed by atoms with E-state index in [2.05, 4.69) is 15.3 Å². The van der Waals surface area contributed by atoms with Crippen LogP contribution in [0, 0.1) is 0 Å². The van der Waals surface area contributed by atoms with Gasteiger partial charge >= 0.3 is 5.97 Å². The fraction of sp³-hybridized carbons (Fsp3) is 0.583. The van der Waals surface area contributed by atoms with E-state index >= 15 is 0 Å². The van der Waals surface area contributed by atoms with E-state index in [1.165, 1.54) is 6.33 Å². The first-order valence-corrected chi connectivity index (χ1v) is 7.33. The zero-order valence-corrected chi connectivity index (χ0v) is 11.3. The summed E-state index contributed by atoms with van der Waals surface area (Å²) in [5.74, 6) is -0.225. The number of carboxylic acid groups (broad SMARTS) is 1. The molecule has 0 saturated carbocycles. The maximum absolute atomic E-state index is 12.0. The molecule has 0 radical (unpaired) electrons. The number of aromatic nitrogens is 2. The van der Waals surface area contributed by atoms with Crippen molar-refractivity contribution >= 4 is 23.6 Å². The van der Waals surface area contributed by atoms with Crippen LogP contribution in [0.2, 0.25) is 0 Å². The number of nitrogens with one attached hydrogen (secondary N) is 2. The van der Waals surface area contributed by atoms with Gasteiger partial charge in [0.05, 0.1) is 11.6 Å². The standard InChI is InChI=1S/C12H17N3O3S/c16-11(10-3-1-2-4-19-10)15-9(12(17)18)5-8-6-13-7-14-8/h6-7,9-10H,1-5H2,(H,13,14)(H,15,16)(H,17,18). The van der Waals surface area contributed by atoms with Crippen LogP contribution in [-0.2, 0) is 16.0 Å². The Morgan fingerprint density at radius 2 is 2.42 bits per heavy atom. The van der Waals surface area contributed by atoms with Crippen molar-refractivity contribution in [3.8, 4) is 0 Å². The van der Waals surface area contributed by atoms with Gasteiger partial charge in [0, 0.05) is 18.3 Å². The normalized spacial score (nSPS) is 20.7. The lowest BCUT2D eigenvalue weighted by molar-refractivity contribution is -0.141. The second-order valence-corrected chi connectivity index (χ2v) is 5.85. The topological polar surface area (TPSA) is 95.1 Å². The van der Waals surface area contributed by atoms with Gasteiger partial charge in [-0.3, -0.25) is 4.79 Å². The third-order valence-electron chi connectivity index (χ3n) is 3.07. The summed E-state index contributed by atoms with van der Waals surface area (Å²) in [7, 11) is 0. The second-order valence-electron chi connectivity index (χ2n) is 4.54. The highest BCUT2D eigenvalue weighted by Gasteiger charge is 2.27. The van der Waals surface area contributed by atoms with Crippen molar-refractivity contribution in [2.24, 2.45) is 0 Å². The first-order chi connectivity index (χ1) is 9.16. The summed E-state index contributed by atoms with van der Waals surface area (Å²) in [5.41, 5.74) is 0.698. The highest BCUT2D eigenvalue weighted by atomic mass is 32.2. The van der Waals surface area contributed by atoms with Gasteiger partial charge in [0.1, 0.15) is 6.04 Å². The van der Waals surface area contributed by atoms with Crippen LogP contribution in [0.25, 0.3) is 0 Å². The van der Waals surface area contributed by atoms with Gasteiger partial charge in [-0.2, -0.15) is 0 Å². The largest absolute Gasteiger partial charge is 0.480 e. The molecule has 2 atom stereocenters. The maximum atomic E-state index is 12.0. The molecule has 2 unspecified atom stereocenters. The van der Waals surface area contributed by atoms with E-state index in [1.54, 1.807) is 18.0 Å². The third kappa shape index (κ3) is 3.99. The Kier molecular flexibility index (Phi) is 4.84. The van der Waals surface area contributed by atoms with E-state index in [0.29, 0.717) is 5.69 Å². The molecule has 1 saturated heterocycles. The van der Waals surface area contributed by atoms with Crippen molar-refractivity contribution in [2.75, 3.05) is 5.75 Å². The van der Waals surface area contributed by atoms with Crippen LogP contribution in [0.5, 0.6) is 0 Å². The summed E-state index contributed by atoms with van der Waals surface area (Å²) in [5, 5.41) is 11.7. The lowest BCUT2D eigenvalue weighted by atomic mass is 10.1. The highest BCUT2D eigenvalue weighted by Crippen LogP contribution is 2.25.